The Balaban J connectivity index is 1.44. The summed E-state index contributed by atoms with van der Waals surface area (Å²) in [5.41, 5.74) is 2.25. The van der Waals surface area contributed by atoms with Gasteiger partial charge in [0.25, 0.3) is 0 Å². The number of piperidine rings is 1. The Kier molecular flexibility index (Phi) is 8.05. The van der Waals surface area contributed by atoms with Crippen LogP contribution in [0.2, 0.25) is 0 Å². The first kappa shape index (κ1) is 25.2. The smallest absolute Gasteiger partial charge is 0.233 e. The van der Waals surface area contributed by atoms with E-state index in [4.69, 9.17) is 4.42 Å². The van der Waals surface area contributed by atoms with E-state index in [1.165, 1.54) is 18.2 Å². The van der Waals surface area contributed by atoms with Gasteiger partial charge in [0.1, 0.15) is 5.76 Å². The first-order valence-electron chi connectivity index (χ1n) is 12.1. The zero-order chi connectivity index (χ0) is 24.9. The predicted octanol–water partition coefficient (Wildman–Crippen LogP) is 4.22. The van der Waals surface area contributed by atoms with Crippen LogP contribution in [0.3, 0.4) is 0 Å². The Morgan fingerprint density at radius 1 is 1.09 bits per heavy atom. The number of thioether (sulfide) groups is 1. The molecule has 0 N–H and O–H groups in total. The molecule has 0 spiro atoms. The molecule has 1 aliphatic heterocycles. The van der Waals surface area contributed by atoms with Gasteiger partial charge >= 0.3 is 0 Å². The van der Waals surface area contributed by atoms with E-state index in [1.807, 2.05) is 33.3 Å². The van der Waals surface area contributed by atoms with Gasteiger partial charge in [-0.2, -0.15) is 0 Å². The summed E-state index contributed by atoms with van der Waals surface area (Å²) < 4.78 is 7.70. The Bertz CT molecular complexity index is 1090. The third-order valence-electron chi connectivity index (χ3n) is 6.37. The van der Waals surface area contributed by atoms with E-state index in [-0.39, 0.29) is 5.91 Å². The Labute approximate surface area is 212 Å². The SMILES string of the molecule is CC1CC(C)CN(c2nnc(SCC(=O)N(C)Cc3ccc(N(C)C)cc3)n2Cc2ccco2)C1. The normalized spacial score (nSPS) is 18.0. The maximum Gasteiger partial charge on any atom is 0.233 e. The fourth-order valence-electron chi connectivity index (χ4n) is 4.64. The van der Waals surface area contributed by atoms with E-state index < -0.39 is 0 Å². The van der Waals surface area contributed by atoms with Gasteiger partial charge in [0.05, 0.1) is 18.6 Å². The summed E-state index contributed by atoms with van der Waals surface area (Å²) in [5.74, 6) is 3.26. The van der Waals surface area contributed by atoms with Crippen molar-refractivity contribution >= 4 is 29.3 Å². The molecule has 3 aromatic rings. The van der Waals surface area contributed by atoms with Gasteiger partial charge in [0.2, 0.25) is 11.9 Å². The Morgan fingerprint density at radius 2 is 1.80 bits per heavy atom. The van der Waals surface area contributed by atoms with Crippen LogP contribution in [0.1, 0.15) is 31.6 Å². The van der Waals surface area contributed by atoms with Crippen molar-refractivity contribution in [1.29, 1.82) is 0 Å². The summed E-state index contributed by atoms with van der Waals surface area (Å²) in [4.78, 5) is 19.1. The Morgan fingerprint density at radius 3 is 2.43 bits per heavy atom. The van der Waals surface area contributed by atoms with Crippen LogP contribution >= 0.6 is 11.8 Å². The van der Waals surface area contributed by atoms with Crippen molar-refractivity contribution in [2.24, 2.45) is 11.8 Å². The molecule has 0 bridgehead atoms. The first-order chi connectivity index (χ1) is 16.8. The second-order valence-corrected chi connectivity index (χ2v) is 10.8. The van der Waals surface area contributed by atoms with E-state index in [2.05, 4.69) is 62.7 Å². The molecule has 35 heavy (non-hydrogen) atoms. The standard InChI is InChI=1S/C26H36N6O2S/c1-19-13-20(2)15-31(14-19)25-27-28-26(32(25)17-23-7-6-12-34-23)35-18-24(33)30(5)16-21-8-10-22(11-9-21)29(3)4/h6-12,19-20H,13-18H2,1-5H3. The minimum absolute atomic E-state index is 0.0565. The first-order valence-corrected chi connectivity index (χ1v) is 13.1. The summed E-state index contributed by atoms with van der Waals surface area (Å²) in [6.07, 6.45) is 2.91. The van der Waals surface area contributed by atoms with Gasteiger partial charge in [-0.3, -0.25) is 9.36 Å². The summed E-state index contributed by atoms with van der Waals surface area (Å²) in [7, 11) is 5.88. The topological polar surface area (TPSA) is 70.6 Å². The maximum absolute atomic E-state index is 12.9. The number of benzene rings is 1. The van der Waals surface area contributed by atoms with E-state index in [0.717, 1.165) is 41.2 Å². The number of anilines is 2. The molecule has 1 saturated heterocycles. The van der Waals surface area contributed by atoms with Crippen LogP contribution in [0, 0.1) is 11.8 Å². The molecule has 0 radical (unpaired) electrons. The number of amides is 1. The largest absolute Gasteiger partial charge is 0.467 e. The van der Waals surface area contributed by atoms with Gasteiger partial charge in [-0.1, -0.05) is 37.7 Å². The number of aromatic nitrogens is 3. The Hall–Kier alpha value is -2.94. The molecule has 0 aliphatic carbocycles. The number of furan rings is 1. The molecule has 2 atom stereocenters. The number of carbonyl (C=O) groups excluding carboxylic acids is 1. The molecule has 9 heteroatoms. The third kappa shape index (κ3) is 6.39. The molecule has 1 fully saturated rings. The highest BCUT2D eigenvalue weighted by molar-refractivity contribution is 7.99. The average Bonchev–Trinajstić information content (AvgIpc) is 3.47. The fraction of sp³-hybridized carbons (Fsp3) is 0.500. The van der Waals surface area contributed by atoms with E-state index in [1.54, 1.807) is 11.2 Å². The predicted molar refractivity (Wildman–Crippen MR) is 141 cm³/mol. The molecule has 4 rings (SSSR count). The quantitative estimate of drug-likeness (QED) is 0.411. The highest BCUT2D eigenvalue weighted by Crippen LogP contribution is 2.29. The molecule has 1 amide bonds. The van der Waals surface area contributed by atoms with Gasteiger partial charge in [-0.15, -0.1) is 10.2 Å². The highest BCUT2D eigenvalue weighted by atomic mass is 32.2. The van der Waals surface area contributed by atoms with Crippen LogP contribution in [-0.4, -0.2) is 65.6 Å². The lowest BCUT2D eigenvalue weighted by molar-refractivity contribution is -0.127. The van der Waals surface area contributed by atoms with Crippen molar-refractivity contribution in [3.8, 4) is 0 Å². The van der Waals surface area contributed by atoms with Gasteiger partial charge in [-0.25, -0.2) is 0 Å². The molecule has 2 aromatic heterocycles. The molecule has 3 heterocycles. The number of hydrogen-bond acceptors (Lipinski definition) is 7. The summed E-state index contributed by atoms with van der Waals surface area (Å²) in [5, 5.41) is 9.77. The number of nitrogens with zero attached hydrogens (tertiary/aromatic N) is 6. The van der Waals surface area contributed by atoms with Gasteiger partial charge < -0.3 is 19.1 Å². The summed E-state index contributed by atoms with van der Waals surface area (Å²) >= 11 is 1.43. The van der Waals surface area contributed by atoms with Crippen LogP contribution in [0.15, 0.2) is 52.2 Å². The number of carbonyl (C=O) groups is 1. The second kappa shape index (κ2) is 11.2. The van der Waals surface area contributed by atoms with Crippen LogP contribution < -0.4 is 9.80 Å². The minimum Gasteiger partial charge on any atom is -0.467 e. The van der Waals surface area contributed by atoms with Crippen LogP contribution in [0.5, 0.6) is 0 Å². The third-order valence-corrected chi connectivity index (χ3v) is 7.32. The van der Waals surface area contributed by atoms with E-state index in [9.17, 15) is 4.79 Å². The van der Waals surface area contributed by atoms with Crippen molar-refractivity contribution in [3.63, 3.8) is 0 Å². The van der Waals surface area contributed by atoms with Crippen molar-refractivity contribution in [2.45, 2.75) is 38.5 Å². The van der Waals surface area contributed by atoms with Gasteiger partial charge in [0.15, 0.2) is 5.16 Å². The van der Waals surface area contributed by atoms with Crippen molar-refractivity contribution in [2.75, 3.05) is 49.8 Å². The highest BCUT2D eigenvalue weighted by Gasteiger charge is 2.27. The number of rotatable bonds is 9. The molecule has 1 aromatic carbocycles. The van der Waals surface area contributed by atoms with Gasteiger partial charge in [0, 0.05) is 46.5 Å². The lowest BCUT2D eigenvalue weighted by Crippen LogP contribution is -2.40. The molecule has 8 nitrogen and oxygen atoms in total. The van der Waals surface area contributed by atoms with Crippen LogP contribution in [-0.2, 0) is 17.9 Å². The summed E-state index contributed by atoms with van der Waals surface area (Å²) in [6.45, 7) is 7.60. The molecular weight excluding hydrogens is 460 g/mol. The van der Waals surface area contributed by atoms with Crippen molar-refractivity contribution in [1.82, 2.24) is 19.7 Å². The molecule has 2 unspecified atom stereocenters. The average molecular weight is 497 g/mol. The minimum atomic E-state index is 0.0565. The molecule has 1 aliphatic rings. The van der Waals surface area contributed by atoms with E-state index in [0.29, 0.717) is 30.7 Å². The zero-order valence-electron chi connectivity index (χ0n) is 21.3. The number of hydrogen-bond donors (Lipinski definition) is 0. The molecular formula is C26H36N6O2S. The van der Waals surface area contributed by atoms with Crippen LogP contribution in [0.4, 0.5) is 11.6 Å². The maximum atomic E-state index is 12.9. The summed E-state index contributed by atoms with van der Waals surface area (Å²) in [6, 6.07) is 12.1. The monoisotopic (exact) mass is 496 g/mol. The molecule has 0 saturated carbocycles. The fourth-order valence-corrected chi connectivity index (χ4v) is 5.52. The zero-order valence-corrected chi connectivity index (χ0v) is 22.2. The molecule has 188 valence electrons. The second-order valence-electron chi connectivity index (χ2n) is 9.90. The van der Waals surface area contributed by atoms with Crippen molar-refractivity contribution < 1.29 is 9.21 Å². The lowest BCUT2D eigenvalue weighted by atomic mass is 9.92. The van der Waals surface area contributed by atoms with E-state index >= 15 is 0 Å². The van der Waals surface area contributed by atoms with Gasteiger partial charge in [-0.05, 0) is 48.1 Å². The van der Waals surface area contributed by atoms with Crippen LogP contribution in [0.25, 0.3) is 0 Å². The van der Waals surface area contributed by atoms with Crippen molar-refractivity contribution in [3.05, 3.63) is 54.0 Å². The lowest BCUT2D eigenvalue weighted by Gasteiger charge is -2.35.